The largest absolute Gasteiger partial charge is 0.478 e. The predicted octanol–water partition coefficient (Wildman–Crippen LogP) is 2.56. The Morgan fingerprint density at radius 2 is 2.00 bits per heavy atom. The van der Waals surface area contributed by atoms with Crippen LogP contribution in [0.3, 0.4) is 0 Å². The average Bonchev–Trinajstić information content (AvgIpc) is 2.04. The molecule has 2 nitrogen and oxygen atoms in total. The molecule has 0 saturated carbocycles. The molecule has 0 unspecified atom stereocenters. The second kappa shape index (κ2) is 3.60. The predicted molar refractivity (Wildman–Crippen MR) is 52.3 cm³/mol. The zero-order valence-electron chi connectivity index (χ0n) is 8.22. The van der Waals surface area contributed by atoms with Crippen LogP contribution >= 0.6 is 0 Å². The van der Waals surface area contributed by atoms with Crippen LogP contribution in [0.25, 0.3) is 0 Å². The topological polar surface area (TPSA) is 37.3 Å². The first kappa shape index (κ1) is 9.78. The van der Waals surface area contributed by atoms with Crippen molar-refractivity contribution in [3.05, 3.63) is 34.4 Å². The van der Waals surface area contributed by atoms with Crippen molar-refractivity contribution in [2.45, 2.75) is 27.2 Å². The Balaban J connectivity index is 3.38. The minimum absolute atomic E-state index is 0.458. The molecule has 1 aromatic rings. The third-order valence-corrected chi connectivity index (χ3v) is 2.38. The maximum absolute atomic E-state index is 10.9. The van der Waals surface area contributed by atoms with Crippen LogP contribution in [0, 0.1) is 13.8 Å². The highest BCUT2D eigenvalue weighted by Gasteiger charge is 2.12. The van der Waals surface area contributed by atoms with Gasteiger partial charge >= 0.3 is 5.97 Å². The number of aryl methyl sites for hydroxylation is 2. The molecule has 0 spiro atoms. The molecule has 0 aliphatic heterocycles. The molecule has 2 heteroatoms. The Labute approximate surface area is 78.2 Å². The fourth-order valence-corrected chi connectivity index (χ4v) is 1.60. The van der Waals surface area contributed by atoms with Crippen molar-refractivity contribution in [2.24, 2.45) is 0 Å². The van der Waals surface area contributed by atoms with Gasteiger partial charge in [0.2, 0.25) is 0 Å². The second-order valence-corrected chi connectivity index (χ2v) is 3.20. The van der Waals surface area contributed by atoms with E-state index in [4.69, 9.17) is 5.11 Å². The lowest BCUT2D eigenvalue weighted by molar-refractivity contribution is 0.0695. The smallest absolute Gasteiger partial charge is 0.336 e. The molecular formula is C11H14O2. The van der Waals surface area contributed by atoms with Crippen molar-refractivity contribution in [3.8, 4) is 0 Å². The van der Waals surface area contributed by atoms with Gasteiger partial charge in [0, 0.05) is 0 Å². The van der Waals surface area contributed by atoms with Gasteiger partial charge in [-0.15, -0.1) is 0 Å². The van der Waals surface area contributed by atoms with Gasteiger partial charge in [0.05, 0.1) is 5.56 Å². The third kappa shape index (κ3) is 1.72. The van der Waals surface area contributed by atoms with E-state index in [1.54, 1.807) is 0 Å². The Hall–Kier alpha value is -1.31. The van der Waals surface area contributed by atoms with Gasteiger partial charge in [-0.05, 0) is 37.0 Å². The summed E-state index contributed by atoms with van der Waals surface area (Å²) >= 11 is 0. The summed E-state index contributed by atoms with van der Waals surface area (Å²) in [5, 5.41) is 8.97. The highest BCUT2D eigenvalue weighted by molar-refractivity contribution is 5.91. The molecule has 13 heavy (non-hydrogen) atoms. The first-order chi connectivity index (χ1) is 6.07. The van der Waals surface area contributed by atoms with Crippen LogP contribution in [-0.4, -0.2) is 11.1 Å². The summed E-state index contributed by atoms with van der Waals surface area (Å²) in [4.78, 5) is 10.9. The molecule has 1 aromatic carbocycles. The molecule has 0 bridgehead atoms. The zero-order valence-corrected chi connectivity index (χ0v) is 8.22. The minimum Gasteiger partial charge on any atom is -0.478 e. The first-order valence-electron chi connectivity index (χ1n) is 4.40. The normalized spacial score (nSPS) is 10.1. The Morgan fingerprint density at radius 1 is 1.38 bits per heavy atom. The minimum atomic E-state index is -0.828. The molecule has 0 fully saturated rings. The summed E-state index contributed by atoms with van der Waals surface area (Å²) in [7, 11) is 0. The molecule has 0 radical (unpaired) electrons. The van der Waals surface area contributed by atoms with E-state index in [0.717, 1.165) is 23.1 Å². The molecule has 0 atom stereocenters. The summed E-state index contributed by atoms with van der Waals surface area (Å²) in [6.07, 6.45) is 0.881. The van der Waals surface area contributed by atoms with E-state index in [0.29, 0.717) is 5.56 Å². The maximum Gasteiger partial charge on any atom is 0.336 e. The van der Waals surface area contributed by atoms with Crippen molar-refractivity contribution < 1.29 is 9.90 Å². The van der Waals surface area contributed by atoms with Gasteiger partial charge in [-0.1, -0.05) is 19.1 Å². The lowest BCUT2D eigenvalue weighted by Gasteiger charge is -2.09. The van der Waals surface area contributed by atoms with Crippen LogP contribution in [0.4, 0.5) is 0 Å². The number of carbonyl (C=O) groups is 1. The molecule has 0 saturated heterocycles. The van der Waals surface area contributed by atoms with Crippen LogP contribution in [0.2, 0.25) is 0 Å². The summed E-state index contributed by atoms with van der Waals surface area (Å²) < 4.78 is 0. The van der Waals surface area contributed by atoms with Crippen LogP contribution in [0.5, 0.6) is 0 Å². The van der Waals surface area contributed by atoms with E-state index < -0.39 is 5.97 Å². The summed E-state index contributed by atoms with van der Waals surface area (Å²) in [5.74, 6) is -0.828. The van der Waals surface area contributed by atoms with Crippen LogP contribution < -0.4 is 0 Å². The summed E-state index contributed by atoms with van der Waals surface area (Å²) in [6.45, 7) is 5.73. The lowest BCUT2D eigenvalue weighted by Crippen LogP contribution is -2.05. The van der Waals surface area contributed by atoms with E-state index in [-0.39, 0.29) is 0 Å². The molecule has 0 amide bonds. The average molecular weight is 178 g/mol. The van der Waals surface area contributed by atoms with Crippen LogP contribution in [0.1, 0.15) is 34.0 Å². The fraction of sp³-hybridized carbons (Fsp3) is 0.364. The highest BCUT2D eigenvalue weighted by Crippen LogP contribution is 2.18. The first-order valence-corrected chi connectivity index (χ1v) is 4.40. The van der Waals surface area contributed by atoms with Crippen molar-refractivity contribution >= 4 is 5.97 Å². The second-order valence-electron chi connectivity index (χ2n) is 3.20. The van der Waals surface area contributed by atoms with E-state index in [1.807, 2.05) is 32.9 Å². The van der Waals surface area contributed by atoms with Gasteiger partial charge in [-0.25, -0.2) is 4.79 Å². The Kier molecular flexibility index (Phi) is 2.71. The molecule has 1 rings (SSSR count). The molecule has 0 aliphatic carbocycles. The van der Waals surface area contributed by atoms with Gasteiger partial charge in [0.15, 0.2) is 0 Å². The number of rotatable bonds is 2. The quantitative estimate of drug-likeness (QED) is 0.755. The Morgan fingerprint density at radius 3 is 2.46 bits per heavy atom. The number of hydrogen-bond acceptors (Lipinski definition) is 1. The third-order valence-electron chi connectivity index (χ3n) is 2.38. The van der Waals surface area contributed by atoms with Crippen molar-refractivity contribution in [1.82, 2.24) is 0 Å². The zero-order chi connectivity index (χ0) is 10.0. The van der Waals surface area contributed by atoms with Crippen molar-refractivity contribution in [3.63, 3.8) is 0 Å². The molecule has 0 aromatic heterocycles. The number of carboxylic acids is 1. The van der Waals surface area contributed by atoms with Crippen LogP contribution in [-0.2, 0) is 6.42 Å². The summed E-state index contributed by atoms with van der Waals surface area (Å²) in [6, 6.07) is 3.87. The molecule has 0 aliphatic rings. The van der Waals surface area contributed by atoms with E-state index in [1.165, 1.54) is 0 Å². The van der Waals surface area contributed by atoms with Crippen molar-refractivity contribution in [2.75, 3.05) is 0 Å². The number of hydrogen-bond donors (Lipinski definition) is 1. The van der Waals surface area contributed by atoms with Gasteiger partial charge < -0.3 is 5.11 Å². The van der Waals surface area contributed by atoms with Gasteiger partial charge in [0.25, 0.3) is 0 Å². The Bertz CT molecular complexity index is 340. The van der Waals surface area contributed by atoms with E-state index >= 15 is 0 Å². The van der Waals surface area contributed by atoms with Crippen molar-refractivity contribution in [1.29, 1.82) is 0 Å². The highest BCUT2D eigenvalue weighted by atomic mass is 16.4. The van der Waals surface area contributed by atoms with E-state index in [2.05, 4.69) is 0 Å². The van der Waals surface area contributed by atoms with Crippen LogP contribution in [0.15, 0.2) is 12.1 Å². The van der Waals surface area contributed by atoms with Gasteiger partial charge in [0.1, 0.15) is 0 Å². The monoisotopic (exact) mass is 178 g/mol. The standard InChI is InChI=1S/C11H14O2/c1-4-9-6-5-7(2)10(8(9)3)11(12)13/h5-6H,4H2,1-3H3,(H,12,13). The van der Waals surface area contributed by atoms with Gasteiger partial charge in [-0.2, -0.15) is 0 Å². The summed E-state index contributed by atoms with van der Waals surface area (Å²) in [5.41, 5.74) is 3.31. The van der Waals surface area contributed by atoms with E-state index in [9.17, 15) is 4.79 Å². The molecule has 1 N–H and O–H groups in total. The SMILES string of the molecule is CCc1ccc(C)c(C(=O)O)c1C. The molecule has 70 valence electrons. The lowest BCUT2D eigenvalue weighted by atomic mass is 9.96. The molecular weight excluding hydrogens is 164 g/mol. The number of carboxylic acid groups (broad SMARTS) is 1. The maximum atomic E-state index is 10.9. The fourth-order valence-electron chi connectivity index (χ4n) is 1.60. The molecule has 0 heterocycles. The number of benzene rings is 1. The van der Waals surface area contributed by atoms with Gasteiger partial charge in [-0.3, -0.25) is 0 Å². The number of aromatic carboxylic acids is 1.